The minimum Gasteiger partial charge on any atom is -0.461 e. The Labute approximate surface area is 348 Å². The number of nitrogens with zero attached hydrogens (tertiary/aromatic N) is 2. The number of hydrogen-bond donors (Lipinski definition) is 3. The van der Waals surface area contributed by atoms with Gasteiger partial charge < -0.3 is 19.8 Å². The van der Waals surface area contributed by atoms with E-state index in [0.29, 0.717) is 25.4 Å². The summed E-state index contributed by atoms with van der Waals surface area (Å²) >= 11 is 0. The zero-order valence-corrected chi connectivity index (χ0v) is 37.8. The van der Waals surface area contributed by atoms with E-state index in [-0.39, 0.29) is 17.8 Å². The first-order valence-electron chi connectivity index (χ1n) is 21.7. The van der Waals surface area contributed by atoms with E-state index in [1.54, 1.807) is 0 Å². The van der Waals surface area contributed by atoms with Crippen LogP contribution in [0.15, 0.2) is 53.1 Å². The topological polar surface area (TPSA) is 104 Å². The van der Waals surface area contributed by atoms with E-state index in [9.17, 15) is 9.90 Å². The summed E-state index contributed by atoms with van der Waals surface area (Å²) in [5.41, 5.74) is 19.6. The summed E-state index contributed by atoms with van der Waals surface area (Å²) in [6.07, 6.45) is 12.9. The molecular formula is C51H70N4O3. The number of rotatable bonds is 15. The quantitative estimate of drug-likeness (QED) is 0.105. The van der Waals surface area contributed by atoms with E-state index in [1.165, 1.54) is 33.4 Å². The molecule has 0 radical (unpaired) electrons. The number of carbonyl (C=O) groups excluding carboxylic acids is 1. The summed E-state index contributed by atoms with van der Waals surface area (Å²) in [6, 6.07) is 6.65. The molecule has 7 heteroatoms. The number of nitrogens with one attached hydrogen (secondary N) is 2. The average molecular weight is 787 g/mol. The summed E-state index contributed by atoms with van der Waals surface area (Å²) in [5.74, 6) is 0.355. The Morgan fingerprint density at radius 3 is 2.12 bits per heavy atom. The number of aromatic nitrogens is 4. The van der Waals surface area contributed by atoms with Crippen LogP contribution in [-0.4, -0.2) is 43.7 Å². The van der Waals surface area contributed by atoms with Gasteiger partial charge in [0, 0.05) is 57.3 Å². The van der Waals surface area contributed by atoms with Gasteiger partial charge in [-0.15, -0.1) is 0 Å². The van der Waals surface area contributed by atoms with Crippen molar-refractivity contribution < 1.29 is 14.6 Å². The SMILES string of the molecule is CCc1cc2[nH]c1cc1[nH]c(cc3nc(c(C)c4nc(c2C)[C@@H](CCC(=O)OC/C=C(\C)CC/C=C(\C)CCC=C(C)C)[C@@H]4C)C(C)=C3[C@H](C)O)c(C)c1CC(C)C. The van der Waals surface area contributed by atoms with Crippen LogP contribution < -0.4 is 0 Å². The zero-order valence-electron chi connectivity index (χ0n) is 37.8. The molecule has 0 fully saturated rings. The number of aliphatic hydroxyl groups excluding tert-OH is 1. The van der Waals surface area contributed by atoms with Crippen LogP contribution in [0.5, 0.6) is 0 Å². The lowest BCUT2D eigenvalue weighted by atomic mass is 9.84. The third kappa shape index (κ3) is 10.4. The fourth-order valence-electron chi connectivity index (χ4n) is 8.76. The molecule has 0 unspecified atom stereocenters. The molecule has 0 aliphatic carbocycles. The summed E-state index contributed by atoms with van der Waals surface area (Å²) in [6.45, 7) is 28.2. The molecule has 3 atom stereocenters. The monoisotopic (exact) mass is 787 g/mol. The molecule has 2 aliphatic heterocycles. The molecule has 58 heavy (non-hydrogen) atoms. The third-order valence-electron chi connectivity index (χ3n) is 12.2. The van der Waals surface area contributed by atoms with Gasteiger partial charge in [-0.3, -0.25) is 9.78 Å². The second kappa shape index (κ2) is 19.5. The minimum atomic E-state index is -0.690. The molecular weight excluding hydrogens is 717 g/mol. The summed E-state index contributed by atoms with van der Waals surface area (Å²) in [7, 11) is 0. The number of allylic oxidation sites excluding steroid dienone is 6. The van der Waals surface area contributed by atoms with E-state index in [4.69, 9.17) is 14.7 Å². The Kier molecular flexibility index (Phi) is 15.0. The first-order chi connectivity index (χ1) is 27.5. The van der Waals surface area contributed by atoms with E-state index >= 15 is 0 Å². The Balaban J connectivity index is 1.51. The van der Waals surface area contributed by atoms with Gasteiger partial charge in [0.1, 0.15) is 6.61 Å². The minimum absolute atomic E-state index is 0.0152. The first kappa shape index (κ1) is 44.6. The van der Waals surface area contributed by atoms with Crippen LogP contribution in [0.25, 0.3) is 33.2 Å². The molecule has 0 saturated heterocycles. The maximum absolute atomic E-state index is 13.3. The van der Waals surface area contributed by atoms with Gasteiger partial charge >= 0.3 is 5.97 Å². The van der Waals surface area contributed by atoms with Crippen molar-refractivity contribution in [2.75, 3.05) is 6.61 Å². The van der Waals surface area contributed by atoms with Crippen LogP contribution in [0.2, 0.25) is 0 Å². The highest BCUT2D eigenvalue weighted by molar-refractivity contribution is 5.94. The van der Waals surface area contributed by atoms with E-state index in [0.717, 1.165) is 106 Å². The second-order valence-electron chi connectivity index (χ2n) is 17.7. The van der Waals surface area contributed by atoms with E-state index in [1.807, 2.05) is 13.0 Å². The van der Waals surface area contributed by atoms with Crippen molar-refractivity contribution in [1.29, 1.82) is 0 Å². The van der Waals surface area contributed by atoms with Crippen LogP contribution in [0.4, 0.5) is 0 Å². The first-order valence-corrected chi connectivity index (χ1v) is 21.7. The predicted molar refractivity (Wildman–Crippen MR) is 244 cm³/mol. The summed E-state index contributed by atoms with van der Waals surface area (Å²) < 4.78 is 5.77. The van der Waals surface area contributed by atoms with Gasteiger partial charge in [0.15, 0.2) is 0 Å². The number of aliphatic hydroxyl groups is 1. The normalized spacial score (nSPS) is 16.7. The molecule has 8 bridgehead atoms. The van der Waals surface area contributed by atoms with Gasteiger partial charge in [0.25, 0.3) is 0 Å². The van der Waals surface area contributed by atoms with Gasteiger partial charge in [-0.2, -0.15) is 0 Å². The molecule has 5 rings (SSSR count). The summed E-state index contributed by atoms with van der Waals surface area (Å²) in [4.78, 5) is 31.5. The standard InChI is InChI=1S/C51H70N4O3/c1-14-39-26-42-35(10)51-40(21-22-47(57)58-24-23-32(7)20-16-19-31(6)18-15-17-29(2)3)34(9)49(55-51)37(12)50-36(11)48(38(13)56)46(54-50)27-43-33(8)41(25-30(4)5)45(53-43)28-44(39)52-42/h17,19,23,26-28,30,34,38,40,52-53,56H,14-16,18,20-22,24-25H2,1-13H3/b31-19+,32-23+,42-35?,43-27?,44-28?,45-28?,46-27?,49-37?,50-37?,51-35?/t34-,38-,40-/m0/s1. The Morgan fingerprint density at radius 2 is 1.47 bits per heavy atom. The van der Waals surface area contributed by atoms with Crippen LogP contribution in [0, 0.1) is 26.7 Å². The number of hydrogen-bond acceptors (Lipinski definition) is 5. The van der Waals surface area contributed by atoms with Gasteiger partial charge in [0.05, 0.1) is 17.5 Å². The number of ether oxygens (including phenoxy) is 1. The highest BCUT2D eigenvalue weighted by Gasteiger charge is 2.34. The molecule has 3 aromatic heterocycles. The van der Waals surface area contributed by atoms with Crippen molar-refractivity contribution in [3.8, 4) is 0 Å². The predicted octanol–water partition coefficient (Wildman–Crippen LogP) is 12.9. The number of H-pyrrole nitrogens is 2. The molecule has 0 saturated carbocycles. The Morgan fingerprint density at radius 1 is 0.810 bits per heavy atom. The fourth-order valence-corrected chi connectivity index (χ4v) is 8.76. The number of aromatic amines is 2. The summed E-state index contributed by atoms with van der Waals surface area (Å²) in [5, 5.41) is 11.1. The number of aryl methyl sites for hydroxylation is 3. The molecule has 312 valence electrons. The number of carbonyl (C=O) groups is 1. The highest BCUT2D eigenvalue weighted by atomic mass is 16.5. The van der Waals surface area contributed by atoms with E-state index in [2.05, 4.69) is 123 Å². The zero-order chi connectivity index (χ0) is 42.4. The van der Waals surface area contributed by atoms with Crippen LogP contribution in [0.3, 0.4) is 0 Å². The van der Waals surface area contributed by atoms with Gasteiger partial charge in [0.2, 0.25) is 0 Å². The fraction of sp³-hybridized carbons (Fsp3) is 0.510. The Hall–Kier alpha value is -4.49. The molecule has 0 amide bonds. The average Bonchev–Trinajstić information content (AvgIpc) is 3.89. The van der Waals surface area contributed by atoms with E-state index < -0.39 is 6.10 Å². The second-order valence-corrected chi connectivity index (χ2v) is 17.7. The largest absolute Gasteiger partial charge is 0.461 e. The molecule has 7 nitrogen and oxygen atoms in total. The van der Waals surface area contributed by atoms with Crippen LogP contribution >= 0.6 is 0 Å². The Bertz CT molecular complexity index is 2290. The lowest BCUT2D eigenvalue weighted by Crippen LogP contribution is -2.10. The van der Waals surface area contributed by atoms with Gasteiger partial charge in [-0.1, -0.05) is 56.6 Å². The molecule has 2 aliphatic rings. The van der Waals surface area contributed by atoms with Crippen molar-refractivity contribution in [3.05, 3.63) is 104 Å². The van der Waals surface area contributed by atoms with Crippen LogP contribution in [-0.2, 0) is 22.4 Å². The lowest BCUT2D eigenvalue weighted by molar-refractivity contribution is -0.142. The molecule has 0 aromatic carbocycles. The maximum atomic E-state index is 13.3. The molecule has 5 heterocycles. The number of fused-ring (bicyclic) bond motifs is 8. The van der Waals surface area contributed by atoms with Crippen molar-refractivity contribution in [2.24, 2.45) is 5.92 Å². The van der Waals surface area contributed by atoms with Crippen molar-refractivity contribution >= 4 is 39.2 Å². The van der Waals surface area contributed by atoms with Crippen molar-refractivity contribution in [1.82, 2.24) is 19.9 Å². The van der Waals surface area contributed by atoms with Crippen LogP contribution in [0.1, 0.15) is 170 Å². The van der Waals surface area contributed by atoms with Gasteiger partial charge in [-0.25, -0.2) is 4.98 Å². The highest BCUT2D eigenvalue weighted by Crippen LogP contribution is 2.44. The maximum Gasteiger partial charge on any atom is 0.306 e. The third-order valence-corrected chi connectivity index (χ3v) is 12.2. The van der Waals surface area contributed by atoms with Crippen molar-refractivity contribution in [2.45, 2.75) is 159 Å². The molecule has 3 aromatic rings. The lowest BCUT2D eigenvalue weighted by Gasteiger charge is -2.18. The molecule has 3 N–H and O–H groups in total. The van der Waals surface area contributed by atoms with Gasteiger partial charge in [-0.05, 0) is 171 Å². The van der Waals surface area contributed by atoms with Crippen molar-refractivity contribution in [3.63, 3.8) is 0 Å². The molecule has 0 spiro atoms. The smallest absolute Gasteiger partial charge is 0.306 e. The number of esters is 1.